The fourth-order valence-corrected chi connectivity index (χ4v) is 2.65. The van der Waals surface area contributed by atoms with Crippen molar-refractivity contribution in [3.05, 3.63) is 0 Å². The van der Waals surface area contributed by atoms with Crippen molar-refractivity contribution >= 4 is 16.0 Å². The smallest absolute Gasteiger partial charge is 0.324 e. The van der Waals surface area contributed by atoms with E-state index in [0.717, 1.165) is 0 Å². The lowest BCUT2D eigenvalue weighted by Gasteiger charge is -2.21. The minimum atomic E-state index is -3.39. The Morgan fingerprint density at radius 3 is 2.31 bits per heavy atom. The first kappa shape index (κ1) is 15.4. The van der Waals surface area contributed by atoms with E-state index in [-0.39, 0.29) is 11.7 Å². The summed E-state index contributed by atoms with van der Waals surface area (Å²) in [6.45, 7) is 5.49. The second kappa shape index (κ2) is 6.85. The first-order chi connectivity index (χ1) is 7.37. The van der Waals surface area contributed by atoms with E-state index in [1.165, 1.54) is 7.11 Å². The van der Waals surface area contributed by atoms with Gasteiger partial charge in [0.05, 0.1) is 12.9 Å². The highest BCUT2D eigenvalue weighted by Gasteiger charge is 2.28. The van der Waals surface area contributed by atoms with Crippen molar-refractivity contribution in [2.75, 3.05) is 12.9 Å². The molecule has 0 bridgehead atoms. The SMILES string of the molecule is CCCS(=O)(=O)NC(C(=O)OC)C(C)CC. The summed E-state index contributed by atoms with van der Waals surface area (Å²) >= 11 is 0. The number of rotatable bonds is 7. The molecule has 1 N–H and O–H groups in total. The molecule has 0 saturated heterocycles. The van der Waals surface area contributed by atoms with Gasteiger partial charge in [-0.3, -0.25) is 4.79 Å². The number of esters is 1. The van der Waals surface area contributed by atoms with Crippen LogP contribution in [0.4, 0.5) is 0 Å². The van der Waals surface area contributed by atoms with Crippen LogP contribution < -0.4 is 4.72 Å². The lowest BCUT2D eigenvalue weighted by Crippen LogP contribution is -2.46. The Kier molecular flexibility index (Phi) is 6.59. The van der Waals surface area contributed by atoms with Crippen molar-refractivity contribution in [3.8, 4) is 0 Å². The van der Waals surface area contributed by atoms with Crippen LogP contribution in [0.1, 0.15) is 33.6 Å². The number of hydrogen-bond acceptors (Lipinski definition) is 4. The van der Waals surface area contributed by atoms with Crippen molar-refractivity contribution < 1.29 is 17.9 Å². The van der Waals surface area contributed by atoms with E-state index in [9.17, 15) is 13.2 Å². The van der Waals surface area contributed by atoms with Crippen molar-refractivity contribution in [1.82, 2.24) is 4.72 Å². The molecule has 0 spiro atoms. The fourth-order valence-electron chi connectivity index (χ4n) is 1.28. The van der Waals surface area contributed by atoms with E-state index in [0.29, 0.717) is 12.8 Å². The Balaban J connectivity index is 4.74. The molecule has 2 unspecified atom stereocenters. The predicted molar refractivity (Wildman–Crippen MR) is 62.5 cm³/mol. The van der Waals surface area contributed by atoms with Crippen LogP contribution >= 0.6 is 0 Å². The topological polar surface area (TPSA) is 72.5 Å². The minimum Gasteiger partial charge on any atom is -0.468 e. The zero-order chi connectivity index (χ0) is 12.8. The zero-order valence-electron chi connectivity index (χ0n) is 10.3. The van der Waals surface area contributed by atoms with E-state index in [4.69, 9.17) is 0 Å². The highest BCUT2D eigenvalue weighted by Crippen LogP contribution is 2.10. The van der Waals surface area contributed by atoms with Gasteiger partial charge < -0.3 is 4.74 Å². The Morgan fingerprint density at radius 2 is 1.94 bits per heavy atom. The predicted octanol–water partition coefficient (Wildman–Crippen LogP) is 0.903. The lowest BCUT2D eigenvalue weighted by molar-refractivity contribution is -0.143. The van der Waals surface area contributed by atoms with E-state index in [1.807, 2.05) is 13.8 Å². The van der Waals surface area contributed by atoms with Gasteiger partial charge in [0.1, 0.15) is 6.04 Å². The maximum absolute atomic E-state index is 11.6. The van der Waals surface area contributed by atoms with Crippen LogP contribution in [-0.2, 0) is 19.6 Å². The average Bonchev–Trinajstić information content (AvgIpc) is 2.23. The largest absolute Gasteiger partial charge is 0.468 e. The van der Waals surface area contributed by atoms with Crippen molar-refractivity contribution in [3.63, 3.8) is 0 Å². The van der Waals surface area contributed by atoms with Crippen LogP contribution in [0.2, 0.25) is 0 Å². The molecular formula is C10H21NO4S. The molecule has 5 nitrogen and oxygen atoms in total. The molecule has 0 fully saturated rings. The van der Waals surface area contributed by atoms with Gasteiger partial charge in [-0.05, 0) is 12.3 Å². The molecule has 0 aliphatic rings. The summed E-state index contributed by atoms with van der Waals surface area (Å²) in [5.74, 6) is -0.593. The van der Waals surface area contributed by atoms with Crippen LogP contribution in [0.3, 0.4) is 0 Å². The van der Waals surface area contributed by atoms with Crippen LogP contribution in [0, 0.1) is 5.92 Å². The summed E-state index contributed by atoms with van der Waals surface area (Å²) < 4.78 is 30.1. The fraction of sp³-hybridized carbons (Fsp3) is 0.900. The average molecular weight is 251 g/mol. The molecule has 0 aromatic carbocycles. The maximum atomic E-state index is 11.6. The van der Waals surface area contributed by atoms with E-state index in [2.05, 4.69) is 9.46 Å². The third-order valence-corrected chi connectivity index (χ3v) is 4.01. The summed E-state index contributed by atoms with van der Waals surface area (Å²) in [6.07, 6.45) is 1.22. The van der Waals surface area contributed by atoms with Gasteiger partial charge in [0, 0.05) is 0 Å². The molecule has 0 aromatic heterocycles. The number of nitrogens with one attached hydrogen (secondary N) is 1. The number of carbonyl (C=O) groups is 1. The molecule has 0 aliphatic carbocycles. The molecule has 0 rings (SSSR count). The quantitative estimate of drug-likeness (QED) is 0.682. The molecule has 0 aromatic rings. The Bertz CT molecular complexity index is 313. The van der Waals surface area contributed by atoms with Crippen molar-refractivity contribution in [2.45, 2.75) is 39.7 Å². The molecule has 6 heteroatoms. The molecule has 0 saturated carbocycles. The summed E-state index contributed by atoms with van der Waals surface area (Å²) in [4.78, 5) is 11.4. The number of sulfonamides is 1. The number of hydrogen-bond donors (Lipinski definition) is 1. The van der Waals surface area contributed by atoms with Gasteiger partial charge >= 0.3 is 5.97 Å². The van der Waals surface area contributed by atoms with E-state index < -0.39 is 22.0 Å². The Hall–Kier alpha value is -0.620. The highest BCUT2D eigenvalue weighted by atomic mass is 32.2. The lowest BCUT2D eigenvalue weighted by atomic mass is 10.0. The second-order valence-electron chi connectivity index (χ2n) is 3.82. The summed E-state index contributed by atoms with van der Waals surface area (Å²) in [6, 6.07) is -0.786. The Morgan fingerprint density at radius 1 is 1.38 bits per heavy atom. The molecule has 96 valence electrons. The van der Waals surface area contributed by atoms with Crippen molar-refractivity contribution in [1.29, 1.82) is 0 Å². The standard InChI is InChI=1S/C10H21NO4S/c1-5-7-16(13,14)11-9(8(3)6-2)10(12)15-4/h8-9,11H,5-7H2,1-4H3. The van der Waals surface area contributed by atoms with Crippen LogP contribution in [0.15, 0.2) is 0 Å². The van der Waals surface area contributed by atoms with Gasteiger partial charge in [0.2, 0.25) is 10.0 Å². The summed E-state index contributed by atoms with van der Waals surface area (Å²) in [7, 11) is -2.14. The number of methoxy groups -OCH3 is 1. The van der Waals surface area contributed by atoms with Gasteiger partial charge in [-0.1, -0.05) is 27.2 Å². The molecule has 0 aliphatic heterocycles. The van der Waals surface area contributed by atoms with Gasteiger partial charge in [-0.2, -0.15) is 0 Å². The second-order valence-corrected chi connectivity index (χ2v) is 5.70. The first-order valence-electron chi connectivity index (χ1n) is 5.45. The minimum absolute atomic E-state index is 0.0247. The van der Waals surface area contributed by atoms with Crippen molar-refractivity contribution in [2.24, 2.45) is 5.92 Å². The van der Waals surface area contributed by atoms with Crippen LogP contribution in [-0.4, -0.2) is 33.3 Å². The molecule has 0 heterocycles. The van der Waals surface area contributed by atoms with E-state index >= 15 is 0 Å². The molecule has 0 radical (unpaired) electrons. The number of ether oxygens (including phenoxy) is 1. The summed E-state index contributed by atoms with van der Waals surface area (Å²) in [5.41, 5.74) is 0. The molecular weight excluding hydrogens is 230 g/mol. The van der Waals surface area contributed by atoms with Crippen LogP contribution in [0.5, 0.6) is 0 Å². The number of carbonyl (C=O) groups excluding carboxylic acids is 1. The van der Waals surface area contributed by atoms with Gasteiger partial charge in [-0.25, -0.2) is 13.1 Å². The molecule has 16 heavy (non-hydrogen) atoms. The summed E-state index contributed by atoms with van der Waals surface area (Å²) in [5, 5.41) is 0. The Labute approximate surface area is 97.6 Å². The van der Waals surface area contributed by atoms with Gasteiger partial charge in [0.25, 0.3) is 0 Å². The molecule has 0 amide bonds. The normalized spacial score (nSPS) is 15.5. The third-order valence-electron chi connectivity index (χ3n) is 2.45. The first-order valence-corrected chi connectivity index (χ1v) is 7.11. The maximum Gasteiger partial charge on any atom is 0.324 e. The molecule has 2 atom stereocenters. The van der Waals surface area contributed by atoms with Crippen LogP contribution in [0.25, 0.3) is 0 Å². The third kappa shape index (κ3) is 4.94. The van der Waals surface area contributed by atoms with E-state index in [1.54, 1.807) is 6.92 Å². The monoisotopic (exact) mass is 251 g/mol. The highest BCUT2D eigenvalue weighted by molar-refractivity contribution is 7.89. The van der Waals surface area contributed by atoms with Gasteiger partial charge in [0.15, 0.2) is 0 Å². The zero-order valence-corrected chi connectivity index (χ0v) is 11.1. The van der Waals surface area contributed by atoms with Gasteiger partial charge in [-0.15, -0.1) is 0 Å².